The van der Waals surface area contributed by atoms with E-state index >= 15 is 0 Å². The summed E-state index contributed by atoms with van der Waals surface area (Å²) in [5.41, 5.74) is 6.80. The van der Waals surface area contributed by atoms with Gasteiger partial charge in [0.2, 0.25) is 0 Å². The summed E-state index contributed by atoms with van der Waals surface area (Å²) >= 11 is 0. The zero-order chi connectivity index (χ0) is 35.3. The summed E-state index contributed by atoms with van der Waals surface area (Å²) in [6, 6.07) is 31.9. The lowest BCUT2D eigenvalue weighted by molar-refractivity contribution is -0.740. The Kier molecular flexibility index (Phi) is 9.32. The Labute approximate surface area is 315 Å². The van der Waals surface area contributed by atoms with Gasteiger partial charge in [0.1, 0.15) is 6.17 Å². The van der Waals surface area contributed by atoms with Crippen LogP contribution in [0.25, 0.3) is 5.32 Å². The van der Waals surface area contributed by atoms with Crippen LogP contribution in [0.15, 0.2) is 133 Å². The van der Waals surface area contributed by atoms with Crippen LogP contribution in [0.5, 0.6) is 0 Å². The van der Waals surface area contributed by atoms with Crippen molar-refractivity contribution >= 4 is 0 Å². The second-order valence-corrected chi connectivity index (χ2v) is 17.2. The molecule has 4 fully saturated rings. The molecule has 0 bridgehead atoms. The predicted molar refractivity (Wildman–Crippen MR) is 211 cm³/mol. The molecule has 0 radical (unpaired) electrons. The number of fused-ring (bicyclic) bond motifs is 8. The molecular weight excluding hydrogens is 652 g/mol. The monoisotopic (exact) mass is 706 g/mol. The summed E-state index contributed by atoms with van der Waals surface area (Å²) in [5, 5.41) is 16.0. The minimum Gasteiger partial charge on any atom is -0.587 e. The second kappa shape index (κ2) is 14.6. The minimum atomic E-state index is -0.677. The summed E-state index contributed by atoms with van der Waals surface area (Å²) in [4.78, 5) is 0. The molecule has 14 atom stereocenters. The van der Waals surface area contributed by atoms with E-state index in [1.807, 2.05) is 0 Å². The molecule has 0 amide bonds. The number of alkyl halides is 1. The number of piperidine rings is 1. The van der Waals surface area contributed by atoms with E-state index in [9.17, 15) is 4.39 Å². The van der Waals surface area contributed by atoms with Gasteiger partial charge in [-0.25, -0.2) is 4.39 Å². The molecule has 5 aliphatic carbocycles. The summed E-state index contributed by atoms with van der Waals surface area (Å²) < 4.78 is 14.5. The quantitative estimate of drug-likeness (QED) is 0.232. The van der Waals surface area contributed by atoms with Gasteiger partial charge in [0.25, 0.3) is 0 Å². The van der Waals surface area contributed by atoms with E-state index < -0.39 is 6.17 Å². The number of benzene rings is 3. The third kappa shape index (κ3) is 6.42. The molecule has 3 aromatic rings. The number of rotatable bonds is 5. The first-order valence-corrected chi connectivity index (χ1v) is 20.8. The Bertz CT molecular complexity index is 1820. The van der Waals surface area contributed by atoms with E-state index in [4.69, 9.17) is 5.32 Å². The maximum absolute atomic E-state index is 14.5. The molecule has 274 valence electrons. The van der Waals surface area contributed by atoms with Crippen molar-refractivity contribution in [2.45, 2.75) is 94.0 Å². The van der Waals surface area contributed by atoms with E-state index in [-0.39, 0.29) is 18.5 Å². The molecule has 10 rings (SSSR count). The molecule has 4 N–H and O–H groups in total. The second-order valence-electron chi connectivity index (χ2n) is 17.2. The zero-order valence-electron chi connectivity index (χ0n) is 30.8. The van der Waals surface area contributed by atoms with Crippen LogP contribution in [-0.2, 0) is 0 Å². The van der Waals surface area contributed by atoms with Crippen LogP contribution in [-0.4, -0.2) is 18.3 Å². The van der Waals surface area contributed by atoms with Gasteiger partial charge in [0.05, 0.1) is 0 Å². The van der Waals surface area contributed by atoms with Gasteiger partial charge < -0.3 is 16.0 Å². The Morgan fingerprint density at radius 1 is 0.679 bits per heavy atom. The van der Waals surface area contributed by atoms with Gasteiger partial charge in [-0.05, 0) is 122 Å². The highest BCUT2D eigenvalue weighted by molar-refractivity contribution is 5.34. The lowest BCUT2D eigenvalue weighted by atomic mass is 9.46. The zero-order valence-corrected chi connectivity index (χ0v) is 30.8. The molecule has 7 aliphatic rings. The number of halogens is 1. The Balaban J connectivity index is 0.958. The van der Waals surface area contributed by atoms with Gasteiger partial charge in [-0.1, -0.05) is 133 Å². The highest BCUT2D eigenvalue weighted by atomic mass is 19.1. The first-order chi connectivity index (χ1) is 26.2. The highest BCUT2D eigenvalue weighted by Gasteiger charge is 2.58. The van der Waals surface area contributed by atoms with Crippen molar-refractivity contribution in [3.05, 3.63) is 161 Å². The largest absolute Gasteiger partial charge is 0.587 e. The third-order valence-corrected chi connectivity index (χ3v) is 14.5. The van der Waals surface area contributed by atoms with E-state index in [0.29, 0.717) is 66.4 Å². The maximum Gasteiger partial charge on any atom is 0.164 e. The summed E-state index contributed by atoms with van der Waals surface area (Å²) in [6.07, 6.45) is 25.0. The average Bonchev–Trinajstić information content (AvgIpc) is 3.24. The molecular formula is C48H55FN4. The Morgan fingerprint density at radius 3 is 2.26 bits per heavy atom. The van der Waals surface area contributed by atoms with Gasteiger partial charge >= 0.3 is 0 Å². The molecule has 2 heterocycles. The fourth-order valence-electron chi connectivity index (χ4n) is 12.2. The fraction of sp³-hybridized carbons (Fsp3) is 0.458. The molecule has 2 saturated carbocycles. The number of nitrogens with zero attached hydrogens (tertiary/aromatic N) is 1. The van der Waals surface area contributed by atoms with Crippen LogP contribution in [0.1, 0.15) is 98.0 Å². The van der Waals surface area contributed by atoms with Crippen molar-refractivity contribution in [3.63, 3.8) is 0 Å². The average molecular weight is 707 g/mol. The molecule has 14 unspecified atom stereocenters. The van der Waals surface area contributed by atoms with Crippen LogP contribution >= 0.6 is 0 Å². The molecule has 53 heavy (non-hydrogen) atoms. The topological polar surface area (TPSA) is 54.8 Å². The molecule has 0 aromatic heterocycles. The summed E-state index contributed by atoms with van der Waals surface area (Å²) in [5.74, 6) is 4.89. The Morgan fingerprint density at radius 2 is 1.45 bits per heavy atom. The highest BCUT2D eigenvalue weighted by Crippen LogP contribution is 2.60. The number of hydrogen-bond acceptors (Lipinski definition) is 2. The lowest BCUT2D eigenvalue weighted by Gasteiger charge is -2.62. The van der Waals surface area contributed by atoms with E-state index in [0.717, 1.165) is 12.3 Å². The van der Waals surface area contributed by atoms with Crippen LogP contribution in [0.4, 0.5) is 4.39 Å². The van der Waals surface area contributed by atoms with Crippen LogP contribution in [0.2, 0.25) is 0 Å². The van der Waals surface area contributed by atoms with E-state index in [2.05, 4.69) is 143 Å². The van der Waals surface area contributed by atoms with Crippen molar-refractivity contribution in [2.75, 3.05) is 0 Å². The van der Waals surface area contributed by atoms with Crippen LogP contribution < -0.4 is 16.0 Å². The molecule has 2 saturated heterocycles. The number of nitrogens with two attached hydrogens (primary N) is 1. The molecule has 3 aromatic carbocycles. The van der Waals surface area contributed by atoms with Gasteiger partial charge in [-0.15, -0.1) is 0 Å². The van der Waals surface area contributed by atoms with Crippen LogP contribution in [0, 0.1) is 41.4 Å². The predicted octanol–water partition coefficient (Wildman–Crippen LogP) is 9.48. The summed E-state index contributed by atoms with van der Waals surface area (Å²) in [6.45, 7) is 0. The number of nitrogens with one attached hydrogen (secondary N) is 2. The smallest absolute Gasteiger partial charge is 0.164 e. The van der Waals surface area contributed by atoms with Crippen molar-refractivity contribution in [2.24, 2.45) is 41.4 Å². The standard InChI is InChI=1S/C48H54FN4/c49-36-25-22-30(23-26-36)45-44-40-21-10-8-19-38(40)37-18-7-9-20-39(37)43(44)41-29-34(24-27-42(41)50-45)33-16-11-17-35(28-33)48-52-46(31-12-3-1-4-13-31)51-47(53-48)32-14-5-2-6-15-32/h1-6,8-17,19-22,28,34,36-48,50,52-53H,7,18,23-27,29H2/q-1/p+1. The maximum atomic E-state index is 14.5. The van der Waals surface area contributed by atoms with E-state index in [1.165, 1.54) is 59.9 Å². The van der Waals surface area contributed by atoms with Crippen molar-refractivity contribution in [1.29, 1.82) is 0 Å². The third-order valence-electron chi connectivity index (χ3n) is 14.5. The molecule has 2 aliphatic heterocycles. The number of allylic oxidation sites excluding steroid dienone is 7. The van der Waals surface area contributed by atoms with Gasteiger partial charge in [0, 0.05) is 23.8 Å². The summed E-state index contributed by atoms with van der Waals surface area (Å²) in [7, 11) is 0. The number of hydrogen-bond donors (Lipinski definition) is 3. The first kappa shape index (κ1) is 33.9. The van der Waals surface area contributed by atoms with Gasteiger partial charge in [-0.3, -0.25) is 5.32 Å². The van der Waals surface area contributed by atoms with Gasteiger partial charge in [0.15, 0.2) is 6.17 Å². The van der Waals surface area contributed by atoms with Crippen molar-refractivity contribution in [1.82, 2.24) is 10.6 Å². The van der Waals surface area contributed by atoms with Crippen LogP contribution in [0.3, 0.4) is 0 Å². The first-order valence-electron chi connectivity index (χ1n) is 20.8. The van der Waals surface area contributed by atoms with Crippen molar-refractivity contribution < 1.29 is 9.71 Å². The Hall–Kier alpha value is -3.61. The van der Waals surface area contributed by atoms with Crippen molar-refractivity contribution in [3.8, 4) is 0 Å². The lowest BCUT2D eigenvalue weighted by Crippen LogP contribution is -2.91. The van der Waals surface area contributed by atoms with Gasteiger partial charge in [-0.2, -0.15) is 0 Å². The molecule has 4 nitrogen and oxygen atoms in total. The number of quaternary nitrogens is 1. The molecule has 0 spiro atoms. The fourth-order valence-corrected chi connectivity index (χ4v) is 12.2. The SMILES string of the molecule is FC1CC=C(C2NC3CCC(c4cccc(C5NC(c6ccccc6)[N-]C(c6ccccc6)[NH2+]5)c4)CC3C3C4C=CCCC4C4C=CC=CC4C23)CC1. The van der Waals surface area contributed by atoms with E-state index in [1.54, 1.807) is 0 Å². The molecule has 5 heteroatoms. The minimum absolute atomic E-state index is 0.0234. The normalized spacial score (nSPS) is 40.3.